The van der Waals surface area contributed by atoms with Gasteiger partial charge in [-0.1, -0.05) is 29.3 Å². The number of amides is 1. The number of carbonyl (C=O) groups excluding carboxylic acids is 1. The molecule has 0 aromatic carbocycles. The first-order chi connectivity index (χ1) is 8.56. The topological polar surface area (TPSA) is 67.8 Å². The molecule has 5 nitrogen and oxygen atoms in total. The fourth-order valence-corrected chi connectivity index (χ4v) is 1.50. The zero-order valence-corrected chi connectivity index (χ0v) is 10.2. The van der Waals surface area contributed by atoms with E-state index in [2.05, 4.69) is 20.5 Å². The van der Waals surface area contributed by atoms with Crippen LogP contribution in [0.2, 0.25) is 10.3 Å². The van der Waals surface area contributed by atoms with Gasteiger partial charge in [-0.3, -0.25) is 4.79 Å². The average molecular weight is 287 g/mol. The lowest BCUT2D eigenvalue weighted by Gasteiger charge is -2.05. The number of aromatic nitrogens is 3. The number of carbonyl (C=O) groups is 1. The number of pyridine rings is 1. The first-order valence-electron chi connectivity index (χ1n) is 4.69. The molecule has 0 spiro atoms. The van der Waals surface area contributed by atoms with Crippen molar-refractivity contribution in [3.05, 3.63) is 46.1 Å². The maximum absolute atomic E-state index is 12.8. The van der Waals surface area contributed by atoms with Gasteiger partial charge < -0.3 is 5.32 Å². The Bertz CT molecular complexity index is 608. The molecule has 0 atom stereocenters. The van der Waals surface area contributed by atoms with Gasteiger partial charge in [0, 0.05) is 0 Å². The smallest absolute Gasteiger partial charge is 0.260 e. The van der Waals surface area contributed by atoms with E-state index in [0.29, 0.717) is 0 Å². The standard InChI is InChI=1S/C10H5Cl2FN4O/c11-6-4-5(9(12)17-16-6)10(18)15-8-3-1-2-7(13)14-8/h1-4H,(H,14,15,18). The zero-order valence-electron chi connectivity index (χ0n) is 8.69. The van der Waals surface area contributed by atoms with E-state index in [-0.39, 0.29) is 21.7 Å². The van der Waals surface area contributed by atoms with Crippen LogP contribution in [-0.2, 0) is 0 Å². The predicted molar refractivity (Wildman–Crippen MR) is 64.2 cm³/mol. The first kappa shape index (κ1) is 12.7. The summed E-state index contributed by atoms with van der Waals surface area (Å²) in [6.07, 6.45) is 0. The Morgan fingerprint density at radius 3 is 2.78 bits per heavy atom. The van der Waals surface area contributed by atoms with Crippen LogP contribution in [0.15, 0.2) is 24.3 Å². The molecule has 0 unspecified atom stereocenters. The van der Waals surface area contributed by atoms with Crippen molar-refractivity contribution in [2.45, 2.75) is 0 Å². The van der Waals surface area contributed by atoms with Crippen molar-refractivity contribution < 1.29 is 9.18 Å². The summed E-state index contributed by atoms with van der Waals surface area (Å²) in [7, 11) is 0. The summed E-state index contributed by atoms with van der Waals surface area (Å²) in [6.45, 7) is 0. The number of hydrogen-bond acceptors (Lipinski definition) is 4. The molecule has 2 aromatic heterocycles. The molecule has 0 aliphatic carbocycles. The van der Waals surface area contributed by atoms with E-state index in [1.807, 2.05) is 0 Å². The maximum atomic E-state index is 12.8. The molecule has 0 aliphatic heterocycles. The molecular formula is C10H5Cl2FN4O. The monoisotopic (exact) mass is 286 g/mol. The van der Waals surface area contributed by atoms with Crippen LogP contribution in [-0.4, -0.2) is 21.1 Å². The molecule has 8 heteroatoms. The van der Waals surface area contributed by atoms with Crippen molar-refractivity contribution in [2.24, 2.45) is 0 Å². The van der Waals surface area contributed by atoms with Crippen LogP contribution in [0.5, 0.6) is 0 Å². The normalized spacial score (nSPS) is 10.2. The van der Waals surface area contributed by atoms with E-state index in [9.17, 15) is 9.18 Å². The van der Waals surface area contributed by atoms with Gasteiger partial charge in [-0.15, -0.1) is 10.2 Å². The van der Waals surface area contributed by atoms with E-state index in [4.69, 9.17) is 23.2 Å². The highest BCUT2D eigenvalue weighted by atomic mass is 35.5. The Morgan fingerprint density at radius 1 is 1.28 bits per heavy atom. The molecule has 1 N–H and O–H groups in total. The van der Waals surface area contributed by atoms with Crippen molar-refractivity contribution in [2.75, 3.05) is 5.32 Å². The highest BCUT2D eigenvalue weighted by molar-refractivity contribution is 6.34. The van der Waals surface area contributed by atoms with E-state index in [1.54, 1.807) is 0 Å². The predicted octanol–water partition coefficient (Wildman–Crippen LogP) is 2.57. The lowest BCUT2D eigenvalue weighted by atomic mass is 10.3. The Kier molecular flexibility index (Phi) is 3.69. The Labute approximate surface area is 111 Å². The fraction of sp³-hybridized carbons (Fsp3) is 0. The molecule has 0 saturated heterocycles. The second-order valence-electron chi connectivity index (χ2n) is 3.17. The van der Waals surface area contributed by atoms with Crippen molar-refractivity contribution >= 4 is 34.9 Å². The molecule has 0 aliphatic rings. The van der Waals surface area contributed by atoms with E-state index in [0.717, 1.165) is 6.07 Å². The van der Waals surface area contributed by atoms with Gasteiger partial charge in [0.15, 0.2) is 10.3 Å². The first-order valence-corrected chi connectivity index (χ1v) is 5.44. The van der Waals surface area contributed by atoms with Crippen LogP contribution in [0.4, 0.5) is 10.2 Å². The van der Waals surface area contributed by atoms with Crippen LogP contribution in [0.3, 0.4) is 0 Å². The molecule has 0 radical (unpaired) electrons. The average Bonchev–Trinajstić information content (AvgIpc) is 2.32. The van der Waals surface area contributed by atoms with Crippen LogP contribution in [0.1, 0.15) is 10.4 Å². The second kappa shape index (κ2) is 5.24. The maximum Gasteiger partial charge on any atom is 0.260 e. The summed E-state index contributed by atoms with van der Waals surface area (Å²) >= 11 is 11.3. The van der Waals surface area contributed by atoms with Gasteiger partial charge in [-0.2, -0.15) is 4.39 Å². The molecule has 2 rings (SSSR count). The molecular weight excluding hydrogens is 282 g/mol. The van der Waals surface area contributed by atoms with Crippen LogP contribution < -0.4 is 5.32 Å². The quantitative estimate of drug-likeness (QED) is 0.862. The molecule has 2 heterocycles. The third kappa shape index (κ3) is 2.91. The van der Waals surface area contributed by atoms with Crippen molar-refractivity contribution in [1.82, 2.24) is 15.2 Å². The van der Waals surface area contributed by atoms with Crippen LogP contribution in [0, 0.1) is 5.95 Å². The largest absolute Gasteiger partial charge is 0.306 e. The number of nitrogens with one attached hydrogen (secondary N) is 1. The van der Waals surface area contributed by atoms with Crippen LogP contribution >= 0.6 is 23.2 Å². The number of anilines is 1. The SMILES string of the molecule is O=C(Nc1cccc(F)n1)c1cc(Cl)nnc1Cl. The molecule has 0 fully saturated rings. The zero-order chi connectivity index (χ0) is 13.1. The fourth-order valence-electron chi connectivity index (χ4n) is 1.17. The molecule has 92 valence electrons. The van der Waals surface area contributed by atoms with Gasteiger partial charge >= 0.3 is 0 Å². The van der Waals surface area contributed by atoms with Gasteiger partial charge in [-0.25, -0.2) is 4.98 Å². The summed E-state index contributed by atoms with van der Waals surface area (Å²) in [5.74, 6) is -1.25. The minimum atomic E-state index is -0.704. The number of nitrogens with zero attached hydrogens (tertiary/aromatic N) is 3. The number of halogens is 3. The summed E-state index contributed by atoms with van der Waals surface area (Å²) in [6, 6.07) is 5.27. The van der Waals surface area contributed by atoms with Gasteiger partial charge in [0.2, 0.25) is 5.95 Å². The summed E-state index contributed by atoms with van der Waals surface area (Å²) in [5.41, 5.74) is 0.0303. The molecule has 1 amide bonds. The van der Waals surface area contributed by atoms with Crippen molar-refractivity contribution in [3.63, 3.8) is 0 Å². The third-order valence-corrected chi connectivity index (χ3v) is 2.38. The molecule has 0 saturated carbocycles. The number of hydrogen-bond donors (Lipinski definition) is 1. The highest BCUT2D eigenvalue weighted by Gasteiger charge is 2.14. The number of rotatable bonds is 2. The van der Waals surface area contributed by atoms with Gasteiger partial charge in [0.1, 0.15) is 5.82 Å². The summed E-state index contributed by atoms with van der Waals surface area (Å²) in [5, 5.41) is 9.25. The Morgan fingerprint density at radius 2 is 2.06 bits per heavy atom. The highest BCUT2D eigenvalue weighted by Crippen LogP contribution is 2.16. The summed E-state index contributed by atoms with van der Waals surface area (Å²) in [4.78, 5) is 15.3. The van der Waals surface area contributed by atoms with E-state index < -0.39 is 11.9 Å². The molecule has 0 bridgehead atoms. The van der Waals surface area contributed by atoms with Gasteiger partial charge in [0.05, 0.1) is 5.56 Å². The summed E-state index contributed by atoms with van der Waals surface area (Å²) < 4.78 is 12.8. The molecule has 2 aromatic rings. The van der Waals surface area contributed by atoms with E-state index >= 15 is 0 Å². The molecule has 18 heavy (non-hydrogen) atoms. The Balaban J connectivity index is 2.24. The lowest BCUT2D eigenvalue weighted by molar-refractivity contribution is 0.102. The van der Waals surface area contributed by atoms with Crippen LogP contribution in [0.25, 0.3) is 0 Å². The Hall–Kier alpha value is -1.79. The minimum absolute atomic E-state index is 0.0248. The van der Waals surface area contributed by atoms with Crippen molar-refractivity contribution in [3.8, 4) is 0 Å². The van der Waals surface area contributed by atoms with E-state index in [1.165, 1.54) is 18.2 Å². The third-order valence-electron chi connectivity index (χ3n) is 1.92. The van der Waals surface area contributed by atoms with Gasteiger partial charge in [-0.05, 0) is 18.2 Å². The minimum Gasteiger partial charge on any atom is -0.306 e. The van der Waals surface area contributed by atoms with Crippen molar-refractivity contribution in [1.29, 1.82) is 0 Å². The lowest BCUT2D eigenvalue weighted by Crippen LogP contribution is -2.14. The second-order valence-corrected chi connectivity index (χ2v) is 3.92. The van der Waals surface area contributed by atoms with Gasteiger partial charge in [0.25, 0.3) is 5.91 Å².